The normalized spacial score (nSPS) is 12.0. The van der Waals surface area contributed by atoms with Gasteiger partial charge in [-0.25, -0.2) is 4.79 Å². The van der Waals surface area contributed by atoms with Crippen LogP contribution in [0.4, 0.5) is 10.5 Å². The van der Waals surface area contributed by atoms with E-state index in [0.29, 0.717) is 11.3 Å². The van der Waals surface area contributed by atoms with Gasteiger partial charge < -0.3 is 10.1 Å². The zero-order valence-electron chi connectivity index (χ0n) is 13.1. The van der Waals surface area contributed by atoms with E-state index >= 15 is 0 Å². The summed E-state index contributed by atoms with van der Waals surface area (Å²) in [6.07, 6.45) is 3.63. The Hall–Kier alpha value is -2.52. The Balaban J connectivity index is 2.48. The van der Waals surface area contributed by atoms with Crippen molar-refractivity contribution in [2.75, 3.05) is 5.32 Å². The molecule has 1 atom stereocenters. The molecule has 6 nitrogen and oxygen atoms in total. The molecule has 0 aromatic heterocycles. The molecule has 0 saturated heterocycles. The summed E-state index contributed by atoms with van der Waals surface area (Å²) in [5.41, 5.74) is 2.63. The van der Waals surface area contributed by atoms with Gasteiger partial charge in [-0.2, -0.15) is 5.48 Å². The molecule has 0 saturated carbocycles. The van der Waals surface area contributed by atoms with Crippen LogP contribution >= 0.6 is 0 Å². The van der Waals surface area contributed by atoms with Crippen molar-refractivity contribution in [3.8, 4) is 12.3 Å². The fourth-order valence-electron chi connectivity index (χ4n) is 1.42. The average Bonchev–Trinajstić information content (AvgIpc) is 2.43. The van der Waals surface area contributed by atoms with Crippen LogP contribution in [0.2, 0.25) is 0 Å². The van der Waals surface area contributed by atoms with E-state index < -0.39 is 23.7 Å². The quantitative estimate of drug-likeness (QED) is 0.661. The van der Waals surface area contributed by atoms with Crippen molar-refractivity contribution in [3.63, 3.8) is 0 Å². The van der Waals surface area contributed by atoms with Gasteiger partial charge in [-0.1, -0.05) is 12.0 Å². The fourth-order valence-corrected chi connectivity index (χ4v) is 1.42. The highest BCUT2D eigenvalue weighted by atomic mass is 16.7. The summed E-state index contributed by atoms with van der Waals surface area (Å²) >= 11 is 0. The molecule has 1 unspecified atom stereocenters. The van der Waals surface area contributed by atoms with Gasteiger partial charge in [0.25, 0.3) is 5.91 Å². The van der Waals surface area contributed by atoms with Crippen LogP contribution in [0, 0.1) is 12.3 Å². The monoisotopic (exact) mass is 304 g/mol. The van der Waals surface area contributed by atoms with Gasteiger partial charge in [0.05, 0.1) is 0 Å². The van der Waals surface area contributed by atoms with E-state index in [4.69, 9.17) is 16.0 Å². The van der Waals surface area contributed by atoms with E-state index in [-0.39, 0.29) is 0 Å². The molecular formula is C16H20N2O4. The molecule has 0 bridgehead atoms. The number of nitrogens with one attached hydrogen (secondary N) is 2. The zero-order chi connectivity index (χ0) is 16.8. The lowest BCUT2D eigenvalue weighted by Gasteiger charge is -2.20. The molecule has 0 spiro atoms. The zero-order valence-corrected chi connectivity index (χ0v) is 13.1. The summed E-state index contributed by atoms with van der Waals surface area (Å²) in [7, 11) is 0. The highest BCUT2D eigenvalue weighted by Crippen LogP contribution is 2.10. The molecule has 1 aromatic carbocycles. The highest BCUT2D eigenvalue weighted by Gasteiger charge is 2.19. The lowest BCUT2D eigenvalue weighted by molar-refractivity contribution is -0.130. The van der Waals surface area contributed by atoms with E-state index in [2.05, 4.69) is 16.7 Å². The fraction of sp³-hybridized carbons (Fsp3) is 0.375. The van der Waals surface area contributed by atoms with Crippen molar-refractivity contribution in [1.29, 1.82) is 0 Å². The minimum Gasteiger partial charge on any atom is -0.442 e. The van der Waals surface area contributed by atoms with Crippen molar-refractivity contribution in [2.24, 2.45) is 0 Å². The predicted molar refractivity (Wildman–Crippen MR) is 82.9 cm³/mol. The number of terminal acetylenes is 1. The van der Waals surface area contributed by atoms with Crippen molar-refractivity contribution in [3.05, 3.63) is 29.8 Å². The van der Waals surface area contributed by atoms with Crippen molar-refractivity contribution < 1.29 is 19.2 Å². The lowest BCUT2D eigenvalue weighted by Crippen LogP contribution is -2.38. The topological polar surface area (TPSA) is 76.7 Å². The van der Waals surface area contributed by atoms with Gasteiger partial charge in [-0.15, -0.1) is 6.42 Å². The summed E-state index contributed by atoms with van der Waals surface area (Å²) < 4.78 is 4.99. The van der Waals surface area contributed by atoms with Crippen LogP contribution in [0.5, 0.6) is 0 Å². The smallest absolute Gasteiger partial charge is 0.431 e. The maximum Gasteiger partial charge on any atom is 0.431 e. The minimum absolute atomic E-state index is 0.426. The summed E-state index contributed by atoms with van der Waals surface area (Å²) in [6.45, 7) is 6.67. The number of ether oxygens (including phenoxy) is 1. The Labute approximate surface area is 130 Å². The van der Waals surface area contributed by atoms with Gasteiger partial charge in [-0.05, 0) is 45.9 Å². The number of carbonyl (C=O) groups is 2. The van der Waals surface area contributed by atoms with E-state index in [1.807, 2.05) is 0 Å². The molecular weight excluding hydrogens is 284 g/mol. The summed E-state index contributed by atoms with van der Waals surface area (Å²) in [4.78, 5) is 28.3. The average molecular weight is 304 g/mol. The van der Waals surface area contributed by atoms with E-state index in [9.17, 15) is 9.59 Å². The molecule has 118 valence electrons. The van der Waals surface area contributed by atoms with Crippen LogP contribution < -0.4 is 10.8 Å². The van der Waals surface area contributed by atoms with Gasteiger partial charge in [0.2, 0.25) is 0 Å². The molecule has 0 aliphatic carbocycles. The third kappa shape index (κ3) is 6.29. The predicted octanol–water partition coefficient (Wildman–Crippen LogP) is 2.45. The molecule has 0 radical (unpaired) electrons. The third-order valence-corrected chi connectivity index (χ3v) is 2.38. The molecule has 2 amide bonds. The number of hydroxylamine groups is 1. The molecule has 1 rings (SSSR count). The number of rotatable bonds is 4. The van der Waals surface area contributed by atoms with Crippen molar-refractivity contribution in [2.45, 2.75) is 39.4 Å². The number of benzene rings is 1. The maximum atomic E-state index is 11.9. The Morgan fingerprint density at radius 3 is 2.59 bits per heavy atom. The molecule has 22 heavy (non-hydrogen) atoms. The molecule has 1 aromatic rings. The number of anilines is 1. The molecule has 6 heteroatoms. The molecule has 0 heterocycles. The number of carbonyl (C=O) groups excluding carboxylic acids is 2. The minimum atomic E-state index is -0.901. The van der Waals surface area contributed by atoms with Crippen LogP contribution in [-0.2, 0) is 14.4 Å². The van der Waals surface area contributed by atoms with Crippen LogP contribution in [0.15, 0.2) is 24.3 Å². The summed E-state index contributed by atoms with van der Waals surface area (Å²) in [5, 5.41) is 2.64. The van der Waals surface area contributed by atoms with Crippen molar-refractivity contribution in [1.82, 2.24) is 5.48 Å². The van der Waals surface area contributed by atoms with Crippen LogP contribution in [0.3, 0.4) is 0 Å². The van der Waals surface area contributed by atoms with Gasteiger partial charge in [0.1, 0.15) is 5.60 Å². The van der Waals surface area contributed by atoms with Crippen molar-refractivity contribution >= 4 is 17.7 Å². The third-order valence-electron chi connectivity index (χ3n) is 2.38. The van der Waals surface area contributed by atoms with Crippen LogP contribution in [-0.4, -0.2) is 23.7 Å². The van der Waals surface area contributed by atoms with Gasteiger partial charge in [0, 0.05) is 11.3 Å². The number of hydrogen-bond acceptors (Lipinski definition) is 4. The molecule has 0 fully saturated rings. The second-order valence-corrected chi connectivity index (χ2v) is 5.58. The summed E-state index contributed by atoms with van der Waals surface area (Å²) in [6, 6.07) is 6.84. The first-order chi connectivity index (χ1) is 10.2. The lowest BCUT2D eigenvalue weighted by atomic mass is 10.2. The molecule has 2 N–H and O–H groups in total. The highest BCUT2D eigenvalue weighted by molar-refractivity contribution is 5.94. The first-order valence-electron chi connectivity index (χ1n) is 6.73. The largest absolute Gasteiger partial charge is 0.442 e. The Kier molecular flexibility index (Phi) is 5.96. The Morgan fingerprint density at radius 1 is 1.32 bits per heavy atom. The first-order valence-corrected chi connectivity index (χ1v) is 6.73. The van der Waals surface area contributed by atoms with Crippen LogP contribution in [0.25, 0.3) is 0 Å². The number of hydrogen-bond donors (Lipinski definition) is 2. The Morgan fingerprint density at radius 2 is 2.00 bits per heavy atom. The SMILES string of the molecule is C#Cc1cccc(NC(=O)C(C)ONC(=O)OC(C)(C)C)c1. The van der Waals surface area contributed by atoms with E-state index in [1.54, 1.807) is 45.0 Å². The van der Waals surface area contributed by atoms with Gasteiger partial charge in [0.15, 0.2) is 6.10 Å². The van der Waals surface area contributed by atoms with E-state index in [1.165, 1.54) is 6.92 Å². The second kappa shape index (κ2) is 7.48. The van der Waals surface area contributed by atoms with Gasteiger partial charge in [-0.3, -0.25) is 9.63 Å². The standard InChI is InChI=1S/C16H20N2O4/c1-6-12-8-7-9-13(10-12)17-14(19)11(2)22-18-15(20)21-16(3,4)5/h1,7-11H,2-5H3,(H,17,19)(H,18,20). The molecule has 0 aliphatic heterocycles. The number of amides is 2. The second-order valence-electron chi connectivity index (χ2n) is 5.58. The molecule has 0 aliphatic rings. The van der Waals surface area contributed by atoms with E-state index in [0.717, 1.165) is 0 Å². The van der Waals surface area contributed by atoms with Gasteiger partial charge >= 0.3 is 6.09 Å². The Bertz CT molecular complexity index is 585. The summed E-state index contributed by atoms with van der Waals surface area (Å²) in [5.74, 6) is 2.05. The first kappa shape index (κ1) is 17.5. The maximum absolute atomic E-state index is 11.9. The van der Waals surface area contributed by atoms with Crippen LogP contribution in [0.1, 0.15) is 33.3 Å².